The Morgan fingerprint density at radius 2 is 1.91 bits per heavy atom. The summed E-state index contributed by atoms with van der Waals surface area (Å²) >= 11 is 2.39. The zero-order valence-corrected chi connectivity index (χ0v) is 9.61. The second kappa shape index (κ2) is 2.81. The minimum atomic E-state index is 0.241. The van der Waals surface area contributed by atoms with E-state index in [9.17, 15) is 0 Å². The van der Waals surface area contributed by atoms with Gasteiger partial charge in [-0.15, -0.1) is 0 Å². The third-order valence-corrected chi connectivity index (χ3v) is 3.14. The molecule has 0 aliphatic heterocycles. The summed E-state index contributed by atoms with van der Waals surface area (Å²) in [5, 5.41) is 0. The number of nitrogens with one attached hydrogen (secondary N) is 1. The smallest absolute Gasteiger partial charge is 0.0372 e. The van der Waals surface area contributed by atoms with Crippen LogP contribution in [0.3, 0.4) is 0 Å². The second-order valence-electron chi connectivity index (χ2n) is 3.91. The zero-order chi connectivity index (χ0) is 8.65. The van der Waals surface area contributed by atoms with E-state index >= 15 is 0 Å². The number of aromatic nitrogens is 1. The van der Waals surface area contributed by atoms with E-state index < -0.39 is 0 Å². The van der Waals surface area contributed by atoms with Gasteiger partial charge in [-0.3, -0.25) is 0 Å². The van der Waals surface area contributed by atoms with Crippen molar-refractivity contribution in [3.8, 4) is 0 Å². The lowest BCUT2D eigenvalue weighted by atomic mass is 9.92. The van der Waals surface area contributed by atoms with Gasteiger partial charge in [0.25, 0.3) is 0 Å². The molecule has 1 N–H and O–H groups in total. The van der Waals surface area contributed by atoms with E-state index in [0.29, 0.717) is 0 Å². The average Bonchev–Trinajstić information content (AvgIpc) is 2.11. The Labute approximate surface area is 81.7 Å². The maximum Gasteiger partial charge on any atom is 0.0372 e. The van der Waals surface area contributed by atoms with Crippen LogP contribution in [0.1, 0.15) is 32.0 Å². The number of H-pyrrole nitrogens is 1. The van der Waals surface area contributed by atoms with Crippen molar-refractivity contribution < 1.29 is 0 Å². The Morgan fingerprint density at radius 3 is 2.09 bits per heavy atom. The van der Waals surface area contributed by atoms with Gasteiger partial charge in [0, 0.05) is 20.9 Å². The molecule has 1 aromatic heterocycles. The minimum absolute atomic E-state index is 0.241. The van der Waals surface area contributed by atoms with E-state index in [2.05, 4.69) is 61.5 Å². The van der Waals surface area contributed by atoms with Gasteiger partial charge in [0.05, 0.1) is 0 Å². The van der Waals surface area contributed by atoms with E-state index in [0.717, 1.165) is 0 Å². The monoisotopic (exact) mass is 263 g/mol. The SMILES string of the molecule is Cc1c[nH]c(C(C)(C)C)c1I. The maximum absolute atomic E-state index is 3.31. The van der Waals surface area contributed by atoms with Gasteiger partial charge >= 0.3 is 0 Å². The van der Waals surface area contributed by atoms with Gasteiger partial charge in [-0.05, 0) is 35.1 Å². The molecular formula is C9H14IN. The molecule has 0 bridgehead atoms. The molecule has 0 spiro atoms. The lowest BCUT2D eigenvalue weighted by Crippen LogP contribution is -2.13. The first-order valence-corrected chi connectivity index (χ1v) is 4.85. The molecule has 0 saturated heterocycles. The number of hydrogen-bond donors (Lipinski definition) is 1. The van der Waals surface area contributed by atoms with Crippen molar-refractivity contribution in [3.05, 3.63) is 21.0 Å². The fourth-order valence-electron chi connectivity index (χ4n) is 1.05. The van der Waals surface area contributed by atoms with Crippen LogP contribution < -0.4 is 0 Å². The number of aromatic amines is 1. The first-order valence-electron chi connectivity index (χ1n) is 3.77. The molecule has 1 nitrogen and oxygen atoms in total. The Morgan fingerprint density at radius 1 is 1.36 bits per heavy atom. The van der Waals surface area contributed by atoms with Crippen molar-refractivity contribution in [2.75, 3.05) is 0 Å². The molecule has 0 unspecified atom stereocenters. The topological polar surface area (TPSA) is 15.8 Å². The molecule has 0 fully saturated rings. The molecule has 1 rings (SSSR count). The molecule has 2 heteroatoms. The first-order chi connectivity index (χ1) is 4.93. The van der Waals surface area contributed by atoms with Crippen LogP contribution in [0.4, 0.5) is 0 Å². The number of hydrogen-bond acceptors (Lipinski definition) is 0. The average molecular weight is 263 g/mol. The van der Waals surface area contributed by atoms with Crippen LogP contribution in [0.25, 0.3) is 0 Å². The fraction of sp³-hybridized carbons (Fsp3) is 0.556. The molecular weight excluding hydrogens is 249 g/mol. The van der Waals surface area contributed by atoms with Gasteiger partial charge in [0.1, 0.15) is 0 Å². The van der Waals surface area contributed by atoms with Crippen molar-refractivity contribution in [2.45, 2.75) is 33.1 Å². The third-order valence-electron chi connectivity index (χ3n) is 1.75. The molecule has 0 atom stereocenters. The van der Waals surface area contributed by atoms with Gasteiger partial charge in [0.15, 0.2) is 0 Å². The highest BCUT2D eigenvalue weighted by molar-refractivity contribution is 14.1. The molecule has 1 heterocycles. The van der Waals surface area contributed by atoms with Crippen molar-refractivity contribution >= 4 is 22.6 Å². The molecule has 0 aliphatic carbocycles. The van der Waals surface area contributed by atoms with Crippen molar-refractivity contribution in [2.24, 2.45) is 0 Å². The summed E-state index contributed by atoms with van der Waals surface area (Å²) in [5.74, 6) is 0. The van der Waals surface area contributed by atoms with E-state index in [1.165, 1.54) is 14.8 Å². The van der Waals surface area contributed by atoms with E-state index in [1.54, 1.807) is 0 Å². The van der Waals surface area contributed by atoms with Gasteiger partial charge in [0.2, 0.25) is 0 Å². The van der Waals surface area contributed by atoms with Crippen molar-refractivity contribution in [3.63, 3.8) is 0 Å². The van der Waals surface area contributed by atoms with Gasteiger partial charge in [-0.2, -0.15) is 0 Å². The van der Waals surface area contributed by atoms with Crippen LogP contribution in [0.2, 0.25) is 0 Å². The number of halogens is 1. The Hall–Kier alpha value is 0.01000. The number of aryl methyl sites for hydroxylation is 1. The van der Waals surface area contributed by atoms with Gasteiger partial charge in [-0.25, -0.2) is 0 Å². The standard InChI is InChI=1S/C9H14IN/c1-6-5-11-8(7(6)10)9(2,3)4/h5,11H,1-4H3. The minimum Gasteiger partial charge on any atom is -0.363 e. The lowest BCUT2D eigenvalue weighted by molar-refractivity contribution is 0.569. The molecule has 62 valence electrons. The van der Waals surface area contributed by atoms with Crippen molar-refractivity contribution in [1.29, 1.82) is 0 Å². The summed E-state index contributed by atoms with van der Waals surface area (Å²) in [5.41, 5.74) is 2.93. The highest BCUT2D eigenvalue weighted by atomic mass is 127. The molecule has 0 amide bonds. The Bertz CT molecular complexity index is 255. The largest absolute Gasteiger partial charge is 0.363 e. The first kappa shape index (κ1) is 9.10. The predicted octanol–water partition coefficient (Wildman–Crippen LogP) is 3.23. The van der Waals surface area contributed by atoms with Crippen LogP contribution in [0, 0.1) is 10.5 Å². The van der Waals surface area contributed by atoms with E-state index in [1.807, 2.05) is 0 Å². The second-order valence-corrected chi connectivity index (χ2v) is 4.99. The summed E-state index contributed by atoms with van der Waals surface area (Å²) < 4.78 is 1.37. The quantitative estimate of drug-likeness (QED) is 0.692. The van der Waals surface area contributed by atoms with Crippen LogP contribution in [0.15, 0.2) is 6.20 Å². The summed E-state index contributed by atoms with van der Waals surface area (Å²) in [6.45, 7) is 8.80. The maximum atomic E-state index is 3.31. The fourth-order valence-corrected chi connectivity index (χ4v) is 2.17. The van der Waals surface area contributed by atoms with Crippen LogP contribution in [-0.4, -0.2) is 4.98 Å². The number of rotatable bonds is 0. The summed E-state index contributed by atoms with van der Waals surface area (Å²) in [4.78, 5) is 3.31. The Balaban J connectivity index is 3.15. The molecule has 11 heavy (non-hydrogen) atoms. The summed E-state index contributed by atoms with van der Waals surface area (Å²) in [6, 6.07) is 0. The molecule has 0 saturated carbocycles. The van der Waals surface area contributed by atoms with E-state index in [-0.39, 0.29) is 5.41 Å². The highest BCUT2D eigenvalue weighted by Crippen LogP contribution is 2.27. The van der Waals surface area contributed by atoms with Gasteiger partial charge in [-0.1, -0.05) is 20.8 Å². The van der Waals surface area contributed by atoms with Gasteiger partial charge < -0.3 is 4.98 Å². The van der Waals surface area contributed by atoms with Crippen LogP contribution >= 0.6 is 22.6 Å². The van der Waals surface area contributed by atoms with Crippen LogP contribution in [-0.2, 0) is 5.41 Å². The normalized spacial score (nSPS) is 12.1. The van der Waals surface area contributed by atoms with E-state index in [4.69, 9.17) is 0 Å². The molecule has 0 aliphatic rings. The Kier molecular flexibility index (Phi) is 2.32. The van der Waals surface area contributed by atoms with Crippen LogP contribution in [0.5, 0.6) is 0 Å². The van der Waals surface area contributed by atoms with Crippen molar-refractivity contribution in [1.82, 2.24) is 4.98 Å². The highest BCUT2D eigenvalue weighted by Gasteiger charge is 2.19. The third kappa shape index (κ3) is 1.78. The zero-order valence-electron chi connectivity index (χ0n) is 7.46. The molecule has 0 radical (unpaired) electrons. The predicted molar refractivity (Wildman–Crippen MR) is 56.9 cm³/mol. The lowest BCUT2D eigenvalue weighted by Gasteiger charge is -2.17. The summed E-state index contributed by atoms with van der Waals surface area (Å²) in [7, 11) is 0. The molecule has 0 aromatic carbocycles. The summed E-state index contributed by atoms with van der Waals surface area (Å²) in [6.07, 6.45) is 2.07. The molecule has 1 aromatic rings.